The van der Waals surface area contributed by atoms with Gasteiger partial charge in [-0.05, 0) is 63.4 Å². The van der Waals surface area contributed by atoms with E-state index in [1.807, 2.05) is 6.07 Å². The number of rotatable bonds is 49. The lowest BCUT2D eigenvalue weighted by molar-refractivity contribution is -0.270. The Balaban J connectivity index is 1.34. The number of unbranched alkanes of at least 4 members (excludes halogenated alkanes) is 10. The Hall–Kier alpha value is -6.92. The number of aliphatic hydroxyl groups is 9. The summed E-state index contributed by atoms with van der Waals surface area (Å²) < 4.78 is 39.4. The predicted octanol–water partition coefficient (Wildman–Crippen LogP) is -5.99. The van der Waals surface area contributed by atoms with Crippen molar-refractivity contribution in [1.82, 2.24) is 58.1 Å². The number of nitrogens with zero attached hydrogens (tertiary/aromatic N) is 1. The van der Waals surface area contributed by atoms with Gasteiger partial charge in [0, 0.05) is 66.8 Å². The molecule has 586 valence electrons. The summed E-state index contributed by atoms with van der Waals surface area (Å²) in [5.41, 5.74) is 0.761. The predicted molar refractivity (Wildman–Crippen MR) is 361 cm³/mol. The van der Waals surface area contributed by atoms with Gasteiger partial charge in [-0.25, -0.2) is 4.79 Å². The van der Waals surface area contributed by atoms with E-state index in [4.69, 9.17) is 33.2 Å². The largest absolute Gasteiger partial charge is 0.445 e. The zero-order chi connectivity index (χ0) is 75.6. The Bertz CT molecular complexity index is 2620. The van der Waals surface area contributed by atoms with Crippen LogP contribution in [-0.2, 0) is 82.9 Å². The summed E-state index contributed by atoms with van der Waals surface area (Å²) in [6.07, 6.45) is -9.04. The fraction of sp³-hybridized carbons (Fsp3) is 0.758. The number of carbonyl (C=O) groups excluding carboxylic acids is 10. The molecule has 3 saturated heterocycles. The molecule has 4 unspecified atom stereocenters. The fourth-order valence-corrected chi connectivity index (χ4v) is 11.4. The van der Waals surface area contributed by atoms with Gasteiger partial charge < -0.3 is 132 Å². The van der Waals surface area contributed by atoms with Crippen LogP contribution in [-0.4, -0.2) is 307 Å². The highest BCUT2D eigenvalue weighted by Gasteiger charge is 2.48. The number of amides is 10. The van der Waals surface area contributed by atoms with Crippen LogP contribution >= 0.6 is 0 Å². The molecule has 103 heavy (non-hydrogen) atoms. The molecule has 4 rings (SSSR count). The lowest BCUT2D eigenvalue weighted by Gasteiger charge is -2.42. The van der Waals surface area contributed by atoms with Crippen LogP contribution in [0.4, 0.5) is 4.79 Å². The number of benzene rings is 1. The highest BCUT2D eigenvalue weighted by Crippen LogP contribution is 2.26. The normalized spacial score (nSPS) is 24.9. The Morgan fingerprint density at radius 2 is 0.757 bits per heavy atom. The molecule has 0 bridgehead atoms. The lowest BCUT2D eigenvalue weighted by atomic mass is 9.97. The van der Waals surface area contributed by atoms with E-state index in [-0.39, 0.29) is 71.9 Å². The SMILES string of the molecule is CC(=O)N[C@H]1C(OCCCCCCNC(=O)CNC(=O)CN(CC(=O)NCC(=O)NCCCCCCOC2O[C@H](CO)[C@H](O)[C@H](O)[C@H]2NC(C)=O)C(CCCCNC(=O)OCc2ccccc2)C(=O)NCC(=O)NCCCCCCOC2O[C@H](CO)[C@H](O)[C@H](O)[C@H]2NC(C)=O)O[C@H](CO)[C@H](O)[C@@H]1O. The molecular weight excluding hydrogens is 1360 g/mol. The Labute approximate surface area is 598 Å². The first-order valence-electron chi connectivity index (χ1n) is 35.2. The van der Waals surface area contributed by atoms with Crippen LogP contribution in [0.5, 0.6) is 0 Å². The van der Waals surface area contributed by atoms with Crippen LogP contribution in [0.25, 0.3) is 0 Å². The quantitative estimate of drug-likeness (QED) is 0.0270. The molecule has 0 radical (unpaired) electrons. The number of nitrogens with one attached hydrogen (secondary N) is 10. The maximum atomic E-state index is 14.3. The molecule has 3 fully saturated rings. The molecule has 0 spiro atoms. The van der Waals surface area contributed by atoms with Crippen LogP contribution in [0, 0.1) is 0 Å². The summed E-state index contributed by atoms with van der Waals surface area (Å²) in [5.74, 6) is -5.47. The van der Waals surface area contributed by atoms with E-state index in [0.717, 1.165) is 5.56 Å². The van der Waals surface area contributed by atoms with E-state index in [9.17, 15) is 93.9 Å². The standard InChI is InChI=1S/C66H111N11O26/c1-40(81)74-53-59(92)56(89)45(36-78)101-63(53)97-28-18-7-4-14-24-67-48(84)31-71-51(87)34-77(35-52(88)72-32-49(85)68-25-15-5-8-19-29-98-64-54(75-41(2)82)60(93)57(90)46(37-79)102-64)44(23-13-17-27-70-66(96)100-39-43-21-11-10-12-22-43)62(95)73-33-50(86)69-26-16-6-9-20-30-99-65-55(76-42(3)83)61(94)58(91)47(38-80)103-65/h10-12,21-22,44-47,53-61,63-65,78-80,89-94H,4-9,13-20,23-39H2,1-3H3,(H,67,84)(H,68,85)(H,69,86)(H,70,96)(H,71,87)(H,72,88)(H,73,95)(H,74,81)(H,75,82)(H,76,83)/t44?,45-,46-,47-,53-,54-,55-,56+,57+,58+,59-,60-,61-,63?,64?,65?/m1/s1. The minimum atomic E-state index is -1.46. The van der Waals surface area contributed by atoms with Gasteiger partial charge in [0.05, 0.1) is 58.6 Å². The number of aliphatic hydroxyl groups excluding tert-OH is 9. The Morgan fingerprint density at radius 1 is 0.417 bits per heavy atom. The van der Waals surface area contributed by atoms with Crippen molar-refractivity contribution < 1.29 is 127 Å². The van der Waals surface area contributed by atoms with Crippen molar-refractivity contribution in [2.45, 2.75) is 222 Å². The lowest BCUT2D eigenvalue weighted by Crippen LogP contribution is -2.64. The first-order chi connectivity index (χ1) is 49.4. The average Bonchev–Trinajstić information content (AvgIpc) is 0.823. The Kier molecular flexibility index (Phi) is 42.7. The summed E-state index contributed by atoms with van der Waals surface area (Å²) in [6.45, 7) is 0.276. The summed E-state index contributed by atoms with van der Waals surface area (Å²) >= 11 is 0. The maximum absolute atomic E-state index is 14.3. The van der Waals surface area contributed by atoms with Crippen molar-refractivity contribution in [3.63, 3.8) is 0 Å². The maximum Gasteiger partial charge on any atom is 0.407 e. The molecule has 0 aromatic heterocycles. The second-order valence-corrected chi connectivity index (χ2v) is 25.4. The average molecular weight is 1470 g/mol. The molecule has 3 aliphatic heterocycles. The molecule has 37 heteroatoms. The van der Waals surface area contributed by atoms with E-state index in [2.05, 4.69) is 53.2 Å². The van der Waals surface area contributed by atoms with Crippen LogP contribution in [0.2, 0.25) is 0 Å². The van der Waals surface area contributed by atoms with E-state index in [1.165, 1.54) is 25.7 Å². The summed E-state index contributed by atoms with van der Waals surface area (Å²) in [4.78, 5) is 130. The monoisotopic (exact) mass is 1470 g/mol. The first-order valence-corrected chi connectivity index (χ1v) is 35.2. The summed E-state index contributed by atoms with van der Waals surface area (Å²) in [7, 11) is 0. The van der Waals surface area contributed by atoms with Gasteiger partial charge in [-0.15, -0.1) is 0 Å². The van der Waals surface area contributed by atoms with Gasteiger partial charge in [0.25, 0.3) is 0 Å². The van der Waals surface area contributed by atoms with Crippen LogP contribution in [0.1, 0.15) is 123 Å². The third-order valence-corrected chi connectivity index (χ3v) is 16.9. The Morgan fingerprint density at radius 3 is 1.12 bits per heavy atom. The zero-order valence-corrected chi connectivity index (χ0v) is 59.0. The number of carbonyl (C=O) groups is 10. The first kappa shape index (κ1) is 88.5. The van der Waals surface area contributed by atoms with E-state index < -0.39 is 210 Å². The van der Waals surface area contributed by atoms with Crippen molar-refractivity contribution in [3.8, 4) is 0 Å². The van der Waals surface area contributed by atoms with Crippen molar-refractivity contribution in [2.24, 2.45) is 0 Å². The molecular formula is C66H111N11O26. The molecule has 3 aliphatic rings. The van der Waals surface area contributed by atoms with Crippen LogP contribution < -0.4 is 53.2 Å². The topological polar surface area (TPSA) is 541 Å². The molecule has 37 nitrogen and oxygen atoms in total. The zero-order valence-electron chi connectivity index (χ0n) is 59.0. The number of ether oxygens (including phenoxy) is 7. The molecule has 10 amide bonds. The molecule has 1 aromatic carbocycles. The van der Waals surface area contributed by atoms with Gasteiger partial charge in [-0.1, -0.05) is 68.9 Å². The number of hydrogen-bond acceptors (Lipinski definition) is 27. The third kappa shape index (κ3) is 33.8. The van der Waals surface area contributed by atoms with Crippen molar-refractivity contribution in [3.05, 3.63) is 35.9 Å². The van der Waals surface area contributed by atoms with E-state index in [0.29, 0.717) is 77.0 Å². The molecule has 3 heterocycles. The van der Waals surface area contributed by atoms with Crippen molar-refractivity contribution in [2.75, 3.05) is 98.5 Å². The second kappa shape index (κ2) is 49.7. The molecule has 16 atom stereocenters. The van der Waals surface area contributed by atoms with Gasteiger partial charge in [-0.3, -0.25) is 48.1 Å². The van der Waals surface area contributed by atoms with Crippen LogP contribution in [0.15, 0.2) is 30.3 Å². The highest BCUT2D eigenvalue weighted by molar-refractivity contribution is 5.91. The van der Waals surface area contributed by atoms with E-state index >= 15 is 0 Å². The third-order valence-electron chi connectivity index (χ3n) is 16.9. The van der Waals surface area contributed by atoms with Crippen molar-refractivity contribution in [1.29, 1.82) is 0 Å². The van der Waals surface area contributed by atoms with Gasteiger partial charge >= 0.3 is 6.09 Å². The second-order valence-electron chi connectivity index (χ2n) is 25.4. The van der Waals surface area contributed by atoms with Gasteiger partial charge in [0.2, 0.25) is 53.2 Å². The summed E-state index contributed by atoms with van der Waals surface area (Å²) in [5, 5.41) is 117. The molecule has 1 aromatic rings. The van der Waals surface area contributed by atoms with Crippen LogP contribution in [0.3, 0.4) is 0 Å². The number of hydrogen-bond donors (Lipinski definition) is 19. The fourth-order valence-electron chi connectivity index (χ4n) is 11.4. The minimum absolute atomic E-state index is 0.0123. The van der Waals surface area contributed by atoms with E-state index in [1.54, 1.807) is 24.3 Å². The molecule has 0 aliphatic carbocycles. The van der Waals surface area contributed by atoms with Crippen molar-refractivity contribution >= 4 is 59.3 Å². The smallest absolute Gasteiger partial charge is 0.407 e. The number of alkyl carbamates (subject to hydrolysis) is 1. The summed E-state index contributed by atoms with van der Waals surface area (Å²) in [6, 6.07) is 4.43. The van der Waals surface area contributed by atoms with Gasteiger partial charge in [0.1, 0.15) is 79.7 Å². The molecule has 0 saturated carbocycles. The highest BCUT2D eigenvalue weighted by atomic mass is 16.7. The van der Waals surface area contributed by atoms with Gasteiger partial charge in [-0.2, -0.15) is 0 Å². The minimum Gasteiger partial charge on any atom is -0.445 e. The molecule has 19 N–H and O–H groups in total. The van der Waals surface area contributed by atoms with Gasteiger partial charge in [0.15, 0.2) is 18.9 Å².